The SMILES string of the molecule is CC[C@@]1(c2ccc(F)cc2)NC(=O)N(CC(=O)c2cc(C)n(C[C@H]3CCCO3)c2C)C1=O. The summed E-state index contributed by atoms with van der Waals surface area (Å²) in [6.45, 7) is 6.66. The summed E-state index contributed by atoms with van der Waals surface area (Å²) in [6.07, 6.45) is 2.44. The summed E-state index contributed by atoms with van der Waals surface area (Å²) in [5, 5.41) is 2.73. The molecule has 3 heterocycles. The second-order valence-corrected chi connectivity index (χ2v) is 8.54. The topological polar surface area (TPSA) is 80.6 Å². The predicted octanol–water partition coefficient (Wildman–Crippen LogP) is 3.46. The van der Waals surface area contributed by atoms with E-state index in [0.29, 0.717) is 17.7 Å². The van der Waals surface area contributed by atoms with E-state index in [1.54, 1.807) is 13.0 Å². The fraction of sp³-hybridized carbons (Fsp3) is 0.458. The number of rotatable bonds is 7. The minimum absolute atomic E-state index is 0.134. The van der Waals surface area contributed by atoms with Gasteiger partial charge in [-0.3, -0.25) is 14.5 Å². The molecule has 8 heteroatoms. The van der Waals surface area contributed by atoms with Gasteiger partial charge >= 0.3 is 6.03 Å². The van der Waals surface area contributed by atoms with Crippen LogP contribution in [0.3, 0.4) is 0 Å². The maximum absolute atomic E-state index is 13.4. The summed E-state index contributed by atoms with van der Waals surface area (Å²) in [6, 6.07) is 6.66. The number of ether oxygens (including phenoxy) is 1. The molecule has 4 rings (SSSR count). The highest BCUT2D eigenvalue weighted by molar-refractivity contribution is 6.11. The number of carbonyl (C=O) groups is 3. The Hall–Kier alpha value is -3.00. The quantitative estimate of drug-likeness (QED) is 0.527. The summed E-state index contributed by atoms with van der Waals surface area (Å²) in [7, 11) is 0. The number of aryl methyl sites for hydroxylation is 1. The molecule has 7 nitrogen and oxygen atoms in total. The second kappa shape index (κ2) is 8.50. The normalized spacial score (nSPS) is 23.1. The summed E-state index contributed by atoms with van der Waals surface area (Å²) in [4.78, 5) is 40.1. The van der Waals surface area contributed by atoms with Crippen molar-refractivity contribution < 1.29 is 23.5 Å². The van der Waals surface area contributed by atoms with Gasteiger partial charge in [0, 0.05) is 30.1 Å². The number of ketones is 1. The lowest BCUT2D eigenvalue weighted by Crippen LogP contribution is -2.43. The van der Waals surface area contributed by atoms with Crippen molar-refractivity contribution in [2.75, 3.05) is 13.2 Å². The predicted molar refractivity (Wildman–Crippen MR) is 116 cm³/mol. The van der Waals surface area contributed by atoms with Crippen molar-refractivity contribution in [3.05, 3.63) is 58.7 Å². The Labute approximate surface area is 186 Å². The molecule has 0 aliphatic carbocycles. The Balaban J connectivity index is 1.55. The lowest BCUT2D eigenvalue weighted by atomic mass is 9.87. The Morgan fingerprint density at radius 2 is 1.97 bits per heavy atom. The van der Waals surface area contributed by atoms with Crippen molar-refractivity contribution >= 4 is 17.7 Å². The average molecular weight is 442 g/mol. The number of imide groups is 1. The van der Waals surface area contributed by atoms with Crippen LogP contribution in [0.5, 0.6) is 0 Å². The van der Waals surface area contributed by atoms with Crippen molar-refractivity contribution in [1.29, 1.82) is 0 Å². The van der Waals surface area contributed by atoms with Gasteiger partial charge in [0.25, 0.3) is 5.91 Å². The third-order valence-electron chi connectivity index (χ3n) is 6.63. The zero-order valence-corrected chi connectivity index (χ0v) is 18.6. The molecule has 2 aliphatic rings. The maximum atomic E-state index is 13.4. The van der Waals surface area contributed by atoms with Gasteiger partial charge in [-0.2, -0.15) is 0 Å². The van der Waals surface area contributed by atoms with Crippen LogP contribution in [0.2, 0.25) is 0 Å². The zero-order valence-electron chi connectivity index (χ0n) is 18.6. The number of aromatic nitrogens is 1. The van der Waals surface area contributed by atoms with Gasteiger partial charge in [0.2, 0.25) is 0 Å². The molecule has 0 radical (unpaired) electrons. The highest BCUT2D eigenvalue weighted by Gasteiger charge is 2.51. The lowest BCUT2D eigenvalue weighted by molar-refractivity contribution is -0.131. The number of halogens is 1. The van der Waals surface area contributed by atoms with Crippen LogP contribution in [0.25, 0.3) is 0 Å². The molecular weight excluding hydrogens is 413 g/mol. The molecule has 0 saturated carbocycles. The van der Waals surface area contributed by atoms with E-state index in [1.807, 2.05) is 13.8 Å². The van der Waals surface area contributed by atoms with Crippen LogP contribution < -0.4 is 5.32 Å². The van der Waals surface area contributed by atoms with Crippen molar-refractivity contribution in [3.8, 4) is 0 Å². The fourth-order valence-electron chi connectivity index (χ4n) is 4.73. The molecule has 2 saturated heterocycles. The molecule has 0 unspecified atom stereocenters. The first-order valence-corrected chi connectivity index (χ1v) is 11.0. The van der Waals surface area contributed by atoms with E-state index in [9.17, 15) is 18.8 Å². The number of nitrogens with zero attached hydrogens (tertiary/aromatic N) is 2. The van der Waals surface area contributed by atoms with Gasteiger partial charge in [0.15, 0.2) is 5.78 Å². The molecule has 1 aromatic heterocycles. The van der Waals surface area contributed by atoms with Gasteiger partial charge in [0.1, 0.15) is 11.4 Å². The fourth-order valence-corrected chi connectivity index (χ4v) is 4.73. The molecule has 1 aromatic carbocycles. The first-order chi connectivity index (χ1) is 15.3. The maximum Gasteiger partial charge on any atom is 0.325 e. The molecule has 32 heavy (non-hydrogen) atoms. The first kappa shape index (κ1) is 22.2. The monoisotopic (exact) mass is 441 g/mol. The van der Waals surface area contributed by atoms with E-state index in [1.165, 1.54) is 24.3 Å². The molecule has 2 atom stereocenters. The van der Waals surface area contributed by atoms with E-state index in [0.717, 1.165) is 35.7 Å². The molecule has 0 spiro atoms. The molecule has 2 fully saturated rings. The van der Waals surface area contributed by atoms with E-state index in [2.05, 4.69) is 9.88 Å². The molecule has 1 N–H and O–H groups in total. The van der Waals surface area contributed by atoms with Crippen LogP contribution in [0.15, 0.2) is 30.3 Å². The summed E-state index contributed by atoms with van der Waals surface area (Å²) in [5.74, 6) is -1.23. The second-order valence-electron chi connectivity index (χ2n) is 8.54. The smallest absolute Gasteiger partial charge is 0.325 e. The lowest BCUT2D eigenvalue weighted by Gasteiger charge is -2.25. The molecule has 2 aromatic rings. The Kier molecular flexibility index (Phi) is 5.90. The van der Waals surface area contributed by atoms with Gasteiger partial charge in [-0.25, -0.2) is 9.18 Å². The third-order valence-corrected chi connectivity index (χ3v) is 6.63. The number of Topliss-reactive ketones (excluding diaryl/α,β-unsaturated/α-hetero) is 1. The van der Waals surface area contributed by atoms with Crippen LogP contribution in [-0.4, -0.2) is 46.4 Å². The number of urea groups is 1. The van der Waals surface area contributed by atoms with Crippen molar-refractivity contribution in [3.63, 3.8) is 0 Å². The van der Waals surface area contributed by atoms with Crippen LogP contribution in [-0.2, 0) is 21.6 Å². The van der Waals surface area contributed by atoms with Crippen LogP contribution >= 0.6 is 0 Å². The minimum atomic E-state index is -1.30. The van der Waals surface area contributed by atoms with Crippen LogP contribution in [0.1, 0.15) is 53.5 Å². The molecule has 2 aliphatic heterocycles. The van der Waals surface area contributed by atoms with Gasteiger partial charge in [-0.1, -0.05) is 19.1 Å². The van der Waals surface area contributed by atoms with Crippen LogP contribution in [0.4, 0.5) is 9.18 Å². The average Bonchev–Trinajstić information content (AvgIpc) is 3.45. The summed E-state index contributed by atoms with van der Waals surface area (Å²) in [5.41, 5.74) is 1.42. The largest absolute Gasteiger partial charge is 0.376 e. The number of hydrogen-bond donors (Lipinski definition) is 1. The van der Waals surface area contributed by atoms with Crippen molar-refractivity contribution in [1.82, 2.24) is 14.8 Å². The van der Waals surface area contributed by atoms with Crippen molar-refractivity contribution in [2.24, 2.45) is 0 Å². The molecule has 0 bridgehead atoms. The summed E-state index contributed by atoms with van der Waals surface area (Å²) < 4.78 is 21.2. The molecular formula is C24H28FN3O4. The zero-order chi connectivity index (χ0) is 23.0. The third kappa shape index (κ3) is 3.72. The molecule has 3 amide bonds. The summed E-state index contributed by atoms with van der Waals surface area (Å²) >= 11 is 0. The van der Waals surface area contributed by atoms with Gasteiger partial charge in [-0.05, 0) is 56.9 Å². The van der Waals surface area contributed by atoms with Gasteiger partial charge in [0.05, 0.1) is 12.6 Å². The number of nitrogens with one attached hydrogen (secondary N) is 1. The number of hydrogen-bond acceptors (Lipinski definition) is 4. The highest BCUT2D eigenvalue weighted by Crippen LogP contribution is 2.33. The van der Waals surface area contributed by atoms with E-state index in [-0.39, 0.29) is 24.9 Å². The van der Waals surface area contributed by atoms with Crippen LogP contribution in [0, 0.1) is 19.7 Å². The van der Waals surface area contributed by atoms with Gasteiger partial charge in [-0.15, -0.1) is 0 Å². The van der Waals surface area contributed by atoms with Crippen molar-refractivity contribution in [2.45, 2.75) is 58.2 Å². The van der Waals surface area contributed by atoms with Gasteiger partial charge < -0.3 is 14.6 Å². The molecule has 170 valence electrons. The van der Waals surface area contributed by atoms with E-state index < -0.39 is 23.3 Å². The number of amides is 3. The Morgan fingerprint density at radius 1 is 1.25 bits per heavy atom. The van der Waals surface area contributed by atoms with E-state index in [4.69, 9.17) is 4.74 Å². The standard InChI is InChI=1S/C24H28FN3O4/c1-4-24(17-7-9-18(25)10-8-17)22(30)28(23(31)26-24)14-21(29)20-12-15(2)27(16(20)3)13-19-6-5-11-32-19/h7-10,12,19H,4-6,11,13-14H2,1-3H3,(H,26,31)/t19-,24+/m1/s1. The Morgan fingerprint density at radius 3 is 2.59 bits per heavy atom. The minimum Gasteiger partial charge on any atom is -0.376 e. The highest BCUT2D eigenvalue weighted by atomic mass is 19.1. The Bertz CT molecular complexity index is 1060. The number of carbonyl (C=O) groups excluding carboxylic acids is 3. The number of benzene rings is 1. The van der Waals surface area contributed by atoms with E-state index >= 15 is 0 Å². The first-order valence-electron chi connectivity index (χ1n) is 11.0.